The Kier molecular flexibility index (Phi) is 7.59. The SMILES string of the molecule is CCN1CCN(c2c(C(=O)c3ccc(C)cc3)cnc3cc(OC)c(OC)cc23)CC1.Cl. The van der Waals surface area contributed by atoms with E-state index in [1.165, 1.54) is 0 Å². The lowest BCUT2D eigenvalue weighted by Gasteiger charge is -2.37. The summed E-state index contributed by atoms with van der Waals surface area (Å²) >= 11 is 0. The van der Waals surface area contributed by atoms with Gasteiger partial charge in [0.05, 0.1) is 31.0 Å². The molecule has 1 fully saturated rings. The molecule has 0 atom stereocenters. The number of hydrogen-bond donors (Lipinski definition) is 0. The number of anilines is 1. The summed E-state index contributed by atoms with van der Waals surface area (Å²) in [5.41, 5.74) is 4.12. The standard InChI is InChI=1S/C25H29N3O3.ClH/c1-5-27-10-12-28(13-11-27)24-19-14-22(30-3)23(31-4)15-21(19)26-16-20(24)25(29)18-8-6-17(2)7-9-18;/h6-9,14-16H,5,10-13H2,1-4H3;1H. The van der Waals surface area contributed by atoms with Crippen molar-refractivity contribution in [2.45, 2.75) is 13.8 Å². The average Bonchev–Trinajstić information content (AvgIpc) is 2.82. The first-order chi connectivity index (χ1) is 15.0. The zero-order valence-corrected chi connectivity index (χ0v) is 19.9. The van der Waals surface area contributed by atoms with Gasteiger partial charge in [-0.15, -0.1) is 12.4 Å². The second-order valence-corrected chi connectivity index (χ2v) is 7.86. The molecule has 170 valence electrons. The van der Waals surface area contributed by atoms with Gasteiger partial charge in [-0.2, -0.15) is 0 Å². The highest BCUT2D eigenvalue weighted by molar-refractivity contribution is 6.16. The van der Waals surface area contributed by atoms with Crippen LogP contribution in [0.1, 0.15) is 28.4 Å². The topological polar surface area (TPSA) is 54.9 Å². The van der Waals surface area contributed by atoms with Crippen LogP contribution in [0.3, 0.4) is 0 Å². The molecule has 3 aromatic rings. The van der Waals surface area contributed by atoms with Crippen molar-refractivity contribution >= 4 is 34.8 Å². The number of carbonyl (C=O) groups excluding carboxylic acids is 1. The molecule has 32 heavy (non-hydrogen) atoms. The zero-order chi connectivity index (χ0) is 22.0. The number of ketones is 1. The fraction of sp³-hybridized carbons (Fsp3) is 0.360. The number of nitrogens with zero attached hydrogens (tertiary/aromatic N) is 3. The maximum Gasteiger partial charge on any atom is 0.196 e. The molecule has 1 aliphatic rings. The molecule has 6 nitrogen and oxygen atoms in total. The van der Waals surface area contributed by atoms with E-state index in [2.05, 4.69) is 21.7 Å². The number of rotatable bonds is 6. The Balaban J connectivity index is 0.00000289. The van der Waals surface area contributed by atoms with Crippen LogP contribution in [0.5, 0.6) is 11.5 Å². The third-order valence-corrected chi connectivity index (χ3v) is 6.04. The van der Waals surface area contributed by atoms with E-state index < -0.39 is 0 Å². The number of fused-ring (bicyclic) bond motifs is 1. The first-order valence-corrected chi connectivity index (χ1v) is 10.7. The lowest BCUT2D eigenvalue weighted by atomic mass is 9.98. The van der Waals surface area contributed by atoms with E-state index in [-0.39, 0.29) is 18.2 Å². The monoisotopic (exact) mass is 455 g/mol. The summed E-state index contributed by atoms with van der Waals surface area (Å²) in [7, 11) is 3.24. The van der Waals surface area contributed by atoms with Crippen molar-refractivity contribution in [3.8, 4) is 11.5 Å². The number of methoxy groups -OCH3 is 2. The summed E-state index contributed by atoms with van der Waals surface area (Å²) in [4.78, 5) is 22.9. The number of likely N-dealkylation sites (N-methyl/N-ethyl adjacent to an activating group) is 1. The van der Waals surface area contributed by atoms with E-state index >= 15 is 0 Å². The van der Waals surface area contributed by atoms with Gasteiger partial charge >= 0.3 is 0 Å². The maximum absolute atomic E-state index is 13.5. The van der Waals surface area contributed by atoms with Crippen LogP contribution in [0.15, 0.2) is 42.6 Å². The molecule has 0 N–H and O–H groups in total. The molecular weight excluding hydrogens is 426 g/mol. The summed E-state index contributed by atoms with van der Waals surface area (Å²) in [6, 6.07) is 11.5. The molecule has 0 saturated carbocycles. The van der Waals surface area contributed by atoms with Gasteiger partial charge in [0.25, 0.3) is 0 Å². The summed E-state index contributed by atoms with van der Waals surface area (Å²) in [6.07, 6.45) is 1.71. The van der Waals surface area contributed by atoms with Crippen LogP contribution in [-0.2, 0) is 0 Å². The number of benzene rings is 2. The van der Waals surface area contributed by atoms with Gasteiger partial charge in [0.15, 0.2) is 17.3 Å². The second-order valence-electron chi connectivity index (χ2n) is 7.86. The third-order valence-electron chi connectivity index (χ3n) is 6.04. The quantitative estimate of drug-likeness (QED) is 0.515. The molecule has 1 saturated heterocycles. The molecule has 4 rings (SSSR count). The summed E-state index contributed by atoms with van der Waals surface area (Å²) in [6.45, 7) is 8.87. The molecular formula is C25H30ClN3O3. The highest BCUT2D eigenvalue weighted by atomic mass is 35.5. The van der Waals surface area contributed by atoms with Gasteiger partial charge in [0, 0.05) is 49.4 Å². The number of carbonyl (C=O) groups is 1. The minimum atomic E-state index is -0.0166. The molecule has 0 radical (unpaired) electrons. The van der Waals surface area contributed by atoms with E-state index in [9.17, 15) is 4.79 Å². The molecule has 0 amide bonds. The smallest absolute Gasteiger partial charge is 0.196 e. The van der Waals surface area contributed by atoms with Crippen molar-refractivity contribution in [2.75, 3.05) is 51.8 Å². The lowest BCUT2D eigenvalue weighted by Crippen LogP contribution is -2.46. The van der Waals surface area contributed by atoms with Crippen LogP contribution < -0.4 is 14.4 Å². The van der Waals surface area contributed by atoms with E-state index in [0.717, 1.165) is 54.9 Å². The molecule has 2 heterocycles. The molecule has 0 aliphatic carbocycles. The highest BCUT2D eigenvalue weighted by Gasteiger charge is 2.25. The number of piperazine rings is 1. The summed E-state index contributed by atoms with van der Waals surface area (Å²) in [5, 5.41) is 0.903. The normalized spacial score (nSPS) is 14.2. The van der Waals surface area contributed by atoms with E-state index in [4.69, 9.17) is 9.47 Å². The first kappa shape index (κ1) is 23.8. The molecule has 0 bridgehead atoms. The maximum atomic E-state index is 13.5. The first-order valence-electron chi connectivity index (χ1n) is 10.7. The molecule has 7 heteroatoms. The summed E-state index contributed by atoms with van der Waals surface area (Å²) in [5.74, 6) is 1.24. The van der Waals surface area contributed by atoms with Gasteiger partial charge in [0.1, 0.15) is 0 Å². The van der Waals surface area contributed by atoms with Crippen LogP contribution >= 0.6 is 12.4 Å². The molecule has 1 aliphatic heterocycles. The van der Waals surface area contributed by atoms with E-state index in [0.29, 0.717) is 22.6 Å². The zero-order valence-electron chi connectivity index (χ0n) is 19.1. The van der Waals surface area contributed by atoms with Gasteiger partial charge in [-0.05, 0) is 19.5 Å². The Labute approximate surface area is 195 Å². The number of aromatic nitrogens is 1. The van der Waals surface area contributed by atoms with Crippen molar-refractivity contribution in [3.05, 3.63) is 59.3 Å². The van der Waals surface area contributed by atoms with Crippen molar-refractivity contribution in [1.29, 1.82) is 0 Å². The lowest BCUT2D eigenvalue weighted by molar-refractivity contribution is 0.103. The van der Waals surface area contributed by atoms with Crippen molar-refractivity contribution in [3.63, 3.8) is 0 Å². The minimum Gasteiger partial charge on any atom is -0.493 e. The van der Waals surface area contributed by atoms with Gasteiger partial charge in [-0.3, -0.25) is 9.78 Å². The van der Waals surface area contributed by atoms with Gasteiger partial charge in [0.2, 0.25) is 0 Å². The fourth-order valence-corrected chi connectivity index (χ4v) is 4.16. The Hall–Kier alpha value is -2.83. The van der Waals surface area contributed by atoms with Crippen LogP contribution in [0.4, 0.5) is 5.69 Å². The number of halogens is 1. The molecule has 2 aromatic carbocycles. The summed E-state index contributed by atoms with van der Waals surface area (Å²) < 4.78 is 11.0. The van der Waals surface area contributed by atoms with Crippen molar-refractivity contribution < 1.29 is 14.3 Å². The van der Waals surface area contributed by atoms with Crippen molar-refractivity contribution in [2.24, 2.45) is 0 Å². The van der Waals surface area contributed by atoms with E-state index in [1.54, 1.807) is 20.4 Å². The fourth-order valence-electron chi connectivity index (χ4n) is 4.16. The van der Waals surface area contributed by atoms with E-state index in [1.807, 2.05) is 43.3 Å². The van der Waals surface area contributed by atoms with Gasteiger partial charge in [-0.25, -0.2) is 0 Å². The Morgan fingerprint density at radius 2 is 1.62 bits per heavy atom. The Bertz CT molecular complexity index is 1090. The Morgan fingerprint density at radius 1 is 1.00 bits per heavy atom. The largest absolute Gasteiger partial charge is 0.493 e. The number of ether oxygens (including phenoxy) is 2. The second kappa shape index (κ2) is 10.2. The Morgan fingerprint density at radius 3 is 2.22 bits per heavy atom. The van der Waals surface area contributed by atoms with Crippen LogP contribution in [-0.4, -0.2) is 62.6 Å². The minimum absolute atomic E-state index is 0. The third kappa shape index (κ3) is 4.52. The van der Waals surface area contributed by atoms with Gasteiger partial charge in [-0.1, -0.05) is 36.8 Å². The predicted molar refractivity (Wildman–Crippen MR) is 131 cm³/mol. The molecule has 0 spiro atoms. The van der Waals surface area contributed by atoms with Crippen LogP contribution in [0.2, 0.25) is 0 Å². The highest BCUT2D eigenvalue weighted by Crippen LogP contribution is 2.38. The predicted octanol–water partition coefficient (Wildman–Crippen LogP) is 4.36. The number of hydrogen-bond acceptors (Lipinski definition) is 6. The number of aryl methyl sites for hydroxylation is 1. The van der Waals surface area contributed by atoms with Crippen LogP contribution in [0.25, 0.3) is 10.9 Å². The molecule has 0 unspecified atom stereocenters. The molecule has 1 aromatic heterocycles. The van der Waals surface area contributed by atoms with Crippen LogP contribution in [0, 0.1) is 6.92 Å². The van der Waals surface area contributed by atoms with Gasteiger partial charge < -0.3 is 19.3 Å². The average molecular weight is 456 g/mol. The van der Waals surface area contributed by atoms with Crippen molar-refractivity contribution in [1.82, 2.24) is 9.88 Å². The number of pyridine rings is 1.